The van der Waals surface area contributed by atoms with Crippen LogP contribution in [0.3, 0.4) is 0 Å². The molecule has 1 fully saturated rings. The quantitative estimate of drug-likeness (QED) is 0.456. The van der Waals surface area contributed by atoms with Gasteiger partial charge in [-0.2, -0.15) is 0 Å². The molecule has 3 rings (SSSR count). The van der Waals surface area contributed by atoms with Crippen molar-refractivity contribution in [3.63, 3.8) is 0 Å². The van der Waals surface area contributed by atoms with Crippen molar-refractivity contribution in [2.75, 3.05) is 19.0 Å². The number of alkyl carbamates (subject to hydrolysis) is 1. The second-order valence-electron chi connectivity index (χ2n) is 6.00. The van der Waals surface area contributed by atoms with Crippen LogP contribution in [0.15, 0.2) is 30.0 Å². The van der Waals surface area contributed by atoms with E-state index in [0.717, 1.165) is 9.47 Å². The fraction of sp³-hybridized carbons (Fsp3) is 0.400. The molecule has 2 atom stereocenters. The number of β-lactam (4-membered cyclic amide) rings is 1. The van der Waals surface area contributed by atoms with Crippen LogP contribution < -0.4 is 5.32 Å². The maximum atomic E-state index is 12.5. The van der Waals surface area contributed by atoms with Crippen molar-refractivity contribution < 1.29 is 33.8 Å². The number of carbonyl (C=O) groups excluding carboxylic acids is 3. The third-order valence-electron chi connectivity index (χ3n) is 3.98. The second kappa shape index (κ2) is 8.92. The van der Waals surface area contributed by atoms with Crippen LogP contribution in [-0.2, 0) is 19.1 Å². The van der Waals surface area contributed by atoms with Gasteiger partial charge in [-0.1, -0.05) is 34.8 Å². The van der Waals surface area contributed by atoms with Gasteiger partial charge in [-0.05, 0) is 0 Å². The molecule has 0 radical (unpaired) electrons. The normalized spacial score (nSPS) is 20.9. The molecule has 0 bridgehead atoms. The number of halogens is 3. The Morgan fingerprint density at radius 3 is 2.67 bits per heavy atom. The van der Waals surface area contributed by atoms with E-state index in [1.165, 1.54) is 30.5 Å². The zero-order valence-corrected chi connectivity index (χ0v) is 17.9. The summed E-state index contributed by atoms with van der Waals surface area (Å²) in [5.74, 6) is -1.86. The molecule has 1 aromatic rings. The van der Waals surface area contributed by atoms with Gasteiger partial charge in [-0.25, -0.2) is 23.9 Å². The molecule has 2 aliphatic heterocycles. The Hall–Kier alpha value is -2.15. The lowest BCUT2D eigenvalue weighted by molar-refractivity contribution is -0.149. The molecule has 1 unspecified atom stereocenters. The van der Waals surface area contributed by atoms with E-state index in [4.69, 9.17) is 44.3 Å². The largest absolute Gasteiger partial charge is 0.477 e. The summed E-state index contributed by atoms with van der Waals surface area (Å²) < 4.78 is 9.08. The highest BCUT2D eigenvalue weighted by Crippen LogP contribution is 2.40. The van der Waals surface area contributed by atoms with Crippen LogP contribution in [0.2, 0.25) is 0 Å². The maximum Gasteiger partial charge on any atom is 0.419 e. The van der Waals surface area contributed by atoms with Crippen molar-refractivity contribution in [2.45, 2.75) is 15.2 Å². The minimum Gasteiger partial charge on any atom is -0.477 e. The fourth-order valence-electron chi connectivity index (χ4n) is 2.70. The van der Waals surface area contributed by atoms with Crippen molar-refractivity contribution in [1.29, 1.82) is 0 Å². The van der Waals surface area contributed by atoms with Gasteiger partial charge in [0, 0.05) is 23.7 Å². The Bertz CT molecular complexity index is 903. The SMILES string of the molecule is O=C(NC1C(=O)N2C(C(=O)O)=C(COC(=O)n3ccnc3)CS[C@@H]12)OCC(Cl)(Cl)Cl. The van der Waals surface area contributed by atoms with Gasteiger partial charge < -0.3 is 19.9 Å². The Balaban J connectivity index is 1.65. The minimum absolute atomic E-state index is 0.161. The molecule has 2 amide bonds. The number of hydrogen-bond acceptors (Lipinski definition) is 8. The van der Waals surface area contributed by atoms with Crippen LogP contribution in [0.1, 0.15) is 0 Å². The van der Waals surface area contributed by atoms with Gasteiger partial charge in [0.15, 0.2) is 0 Å². The molecule has 2 aliphatic rings. The molecule has 30 heavy (non-hydrogen) atoms. The summed E-state index contributed by atoms with van der Waals surface area (Å²) in [6.45, 7) is -0.857. The first kappa shape index (κ1) is 22.5. The highest BCUT2D eigenvalue weighted by Gasteiger charge is 2.54. The number of carbonyl (C=O) groups is 4. The molecule has 0 spiro atoms. The van der Waals surface area contributed by atoms with E-state index >= 15 is 0 Å². The molecule has 2 N–H and O–H groups in total. The summed E-state index contributed by atoms with van der Waals surface area (Å²) >= 11 is 17.7. The number of thioether (sulfide) groups is 1. The zero-order chi connectivity index (χ0) is 22.1. The van der Waals surface area contributed by atoms with Gasteiger partial charge in [0.05, 0.1) is 0 Å². The van der Waals surface area contributed by atoms with E-state index < -0.39 is 45.9 Å². The number of nitrogens with one attached hydrogen (secondary N) is 1. The van der Waals surface area contributed by atoms with Crippen LogP contribution in [0.5, 0.6) is 0 Å². The monoisotopic (exact) mass is 498 g/mol. The molecule has 11 nitrogen and oxygen atoms in total. The summed E-state index contributed by atoms with van der Waals surface area (Å²) in [6, 6.07) is -1.01. The lowest BCUT2D eigenvalue weighted by Gasteiger charge is -2.49. The van der Waals surface area contributed by atoms with Gasteiger partial charge in [0.2, 0.25) is 3.79 Å². The van der Waals surface area contributed by atoms with Gasteiger partial charge in [0.25, 0.3) is 5.91 Å². The van der Waals surface area contributed by atoms with Gasteiger partial charge >= 0.3 is 18.2 Å². The second-order valence-corrected chi connectivity index (χ2v) is 9.63. The van der Waals surface area contributed by atoms with Crippen LogP contribution >= 0.6 is 46.6 Å². The highest BCUT2D eigenvalue weighted by atomic mass is 35.6. The van der Waals surface area contributed by atoms with Gasteiger partial charge in [0.1, 0.15) is 36.7 Å². The summed E-state index contributed by atoms with van der Waals surface area (Å²) in [6.07, 6.45) is 2.26. The van der Waals surface area contributed by atoms with Crippen molar-refractivity contribution in [2.24, 2.45) is 0 Å². The van der Waals surface area contributed by atoms with Crippen LogP contribution in [-0.4, -0.2) is 77.8 Å². The Labute approximate surface area is 188 Å². The van der Waals surface area contributed by atoms with Crippen LogP contribution in [0.4, 0.5) is 9.59 Å². The number of amides is 2. The predicted octanol–water partition coefficient (Wildman–Crippen LogP) is 1.59. The van der Waals surface area contributed by atoms with E-state index in [1.54, 1.807) is 0 Å². The maximum absolute atomic E-state index is 12.5. The highest BCUT2D eigenvalue weighted by molar-refractivity contribution is 8.00. The molecule has 1 aromatic heterocycles. The number of carboxylic acids is 1. The zero-order valence-electron chi connectivity index (χ0n) is 14.8. The molecule has 3 heterocycles. The predicted molar refractivity (Wildman–Crippen MR) is 105 cm³/mol. The van der Waals surface area contributed by atoms with E-state index in [9.17, 15) is 24.3 Å². The molecule has 162 valence electrons. The number of hydrogen-bond donors (Lipinski definition) is 2. The Kier molecular flexibility index (Phi) is 6.70. The van der Waals surface area contributed by atoms with Crippen molar-refractivity contribution in [3.8, 4) is 0 Å². The third kappa shape index (κ3) is 4.94. The number of imidazole rings is 1. The number of rotatable bonds is 5. The third-order valence-corrected chi connectivity index (χ3v) is 5.64. The number of aliphatic carboxylic acids is 1. The molecular formula is C15H13Cl3N4O7S. The number of nitrogens with zero attached hydrogens (tertiary/aromatic N) is 3. The van der Waals surface area contributed by atoms with Gasteiger partial charge in [-0.15, -0.1) is 11.8 Å². The first-order valence-electron chi connectivity index (χ1n) is 8.13. The summed E-state index contributed by atoms with van der Waals surface area (Å²) in [5, 5.41) is 11.2. The number of aromatic nitrogens is 2. The molecular weight excluding hydrogens is 487 g/mol. The van der Waals surface area contributed by atoms with Crippen LogP contribution in [0, 0.1) is 0 Å². The molecule has 15 heteroatoms. The average Bonchev–Trinajstić information content (AvgIpc) is 3.22. The lowest BCUT2D eigenvalue weighted by Crippen LogP contribution is -2.70. The first-order chi connectivity index (χ1) is 14.1. The first-order valence-corrected chi connectivity index (χ1v) is 10.3. The Morgan fingerprint density at radius 2 is 2.07 bits per heavy atom. The van der Waals surface area contributed by atoms with E-state index in [0.29, 0.717) is 0 Å². The number of alkyl halides is 3. The topological polar surface area (TPSA) is 140 Å². The molecule has 0 saturated carbocycles. The number of fused-ring (bicyclic) bond motifs is 1. The average molecular weight is 500 g/mol. The summed E-state index contributed by atoms with van der Waals surface area (Å²) in [5.41, 5.74) is -0.0577. The molecule has 0 aromatic carbocycles. The summed E-state index contributed by atoms with van der Waals surface area (Å²) in [7, 11) is 0. The van der Waals surface area contributed by atoms with Crippen molar-refractivity contribution >= 4 is 70.6 Å². The standard InChI is InChI=1S/C15H13Cl3N4O7S/c16-15(17,18)5-29-13(26)20-8-10(23)22-9(12(24)25)7(4-30-11(8)22)3-28-14(27)21-2-1-19-6-21/h1-2,6,8,11H,3-5H2,(H,20,26)(H,24,25)/t8?,11-/m0/s1. The van der Waals surface area contributed by atoms with E-state index in [2.05, 4.69) is 10.3 Å². The van der Waals surface area contributed by atoms with Crippen LogP contribution in [0.25, 0.3) is 0 Å². The minimum atomic E-state index is -1.81. The lowest BCUT2D eigenvalue weighted by atomic mass is 10.0. The molecule has 1 saturated heterocycles. The number of ether oxygens (including phenoxy) is 2. The summed E-state index contributed by atoms with van der Waals surface area (Å²) in [4.78, 5) is 52.7. The fourth-order valence-corrected chi connectivity index (χ4v) is 4.19. The smallest absolute Gasteiger partial charge is 0.419 e. The molecule has 0 aliphatic carbocycles. The van der Waals surface area contributed by atoms with E-state index in [-0.39, 0.29) is 23.6 Å². The van der Waals surface area contributed by atoms with E-state index in [1.807, 2.05) is 0 Å². The Morgan fingerprint density at radius 1 is 1.33 bits per heavy atom. The van der Waals surface area contributed by atoms with Crippen molar-refractivity contribution in [1.82, 2.24) is 19.8 Å². The number of carboxylic acid groups (broad SMARTS) is 1. The van der Waals surface area contributed by atoms with Crippen molar-refractivity contribution in [3.05, 3.63) is 30.0 Å². The van der Waals surface area contributed by atoms with Gasteiger partial charge in [-0.3, -0.25) is 9.69 Å².